The van der Waals surface area contributed by atoms with E-state index >= 15 is 0 Å². The normalized spacial score (nSPS) is 27.3. The number of nitrogens with zero attached hydrogens (tertiary/aromatic N) is 1. The summed E-state index contributed by atoms with van der Waals surface area (Å²) in [6, 6.07) is 0. The Morgan fingerprint density at radius 2 is 2.07 bits per heavy atom. The molecule has 1 N–H and O–H groups in total. The third-order valence-corrected chi connectivity index (χ3v) is 3.87. The van der Waals surface area contributed by atoms with Gasteiger partial charge in [0.15, 0.2) is 0 Å². The van der Waals surface area contributed by atoms with E-state index in [4.69, 9.17) is 9.84 Å². The SMILES string of the molecule is CN1CCC(C2(CC(=O)O)COC2)CC1. The van der Waals surface area contributed by atoms with E-state index in [0.29, 0.717) is 19.1 Å². The first-order valence-electron chi connectivity index (χ1n) is 5.60. The standard InChI is InChI=1S/C11H19NO3/c1-12-4-2-9(3-5-12)11(6-10(13)14)7-15-8-11/h9H,2-8H2,1H3,(H,13,14). The van der Waals surface area contributed by atoms with Crippen molar-refractivity contribution < 1.29 is 14.6 Å². The van der Waals surface area contributed by atoms with Crippen LogP contribution in [0.2, 0.25) is 0 Å². The van der Waals surface area contributed by atoms with Crippen molar-refractivity contribution in [2.75, 3.05) is 33.4 Å². The molecule has 2 fully saturated rings. The second-order valence-electron chi connectivity index (χ2n) is 5.00. The number of aliphatic carboxylic acids is 1. The molecule has 0 amide bonds. The molecule has 4 heteroatoms. The highest BCUT2D eigenvalue weighted by Crippen LogP contribution is 2.44. The van der Waals surface area contributed by atoms with E-state index in [0.717, 1.165) is 25.9 Å². The molecule has 2 aliphatic rings. The number of piperidine rings is 1. The summed E-state index contributed by atoms with van der Waals surface area (Å²) < 4.78 is 5.24. The monoisotopic (exact) mass is 213 g/mol. The van der Waals surface area contributed by atoms with Crippen LogP contribution < -0.4 is 0 Å². The van der Waals surface area contributed by atoms with Crippen LogP contribution in [-0.2, 0) is 9.53 Å². The Bertz CT molecular complexity index is 242. The molecular weight excluding hydrogens is 194 g/mol. The van der Waals surface area contributed by atoms with Crippen molar-refractivity contribution in [2.24, 2.45) is 11.3 Å². The van der Waals surface area contributed by atoms with Gasteiger partial charge >= 0.3 is 5.97 Å². The van der Waals surface area contributed by atoms with Crippen LogP contribution in [-0.4, -0.2) is 49.3 Å². The van der Waals surface area contributed by atoms with Crippen LogP contribution in [0.3, 0.4) is 0 Å². The Morgan fingerprint density at radius 1 is 1.47 bits per heavy atom. The largest absolute Gasteiger partial charge is 0.481 e. The average Bonchev–Trinajstić information content (AvgIpc) is 2.13. The molecule has 0 saturated carbocycles. The fraction of sp³-hybridized carbons (Fsp3) is 0.909. The van der Waals surface area contributed by atoms with Gasteiger partial charge in [0.2, 0.25) is 0 Å². The lowest BCUT2D eigenvalue weighted by atomic mass is 9.67. The third kappa shape index (κ3) is 2.16. The molecule has 0 aromatic rings. The topological polar surface area (TPSA) is 49.8 Å². The summed E-state index contributed by atoms with van der Waals surface area (Å²) in [5.41, 5.74) is -0.0485. The molecule has 0 bridgehead atoms. The van der Waals surface area contributed by atoms with Crippen LogP contribution in [0.15, 0.2) is 0 Å². The molecule has 2 aliphatic heterocycles. The van der Waals surface area contributed by atoms with E-state index in [-0.39, 0.29) is 11.8 Å². The lowest BCUT2D eigenvalue weighted by Crippen LogP contribution is -2.52. The van der Waals surface area contributed by atoms with Gasteiger partial charge in [-0.05, 0) is 38.9 Å². The van der Waals surface area contributed by atoms with Gasteiger partial charge in [-0.15, -0.1) is 0 Å². The number of hydrogen-bond donors (Lipinski definition) is 1. The molecular formula is C11H19NO3. The highest BCUT2D eigenvalue weighted by atomic mass is 16.5. The number of likely N-dealkylation sites (tertiary alicyclic amines) is 1. The molecule has 2 heterocycles. The van der Waals surface area contributed by atoms with Gasteiger partial charge in [0, 0.05) is 5.41 Å². The van der Waals surface area contributed by atoms with Crippen molar-refractivity contribution >= 4 is 5.97 Å². The molecule has 0 radical (unpaired) electrons. The maximum Gasteiger partial charge on any atom is 0.304 e. The van der Waals surface area contributed by atoms with Crippen molar-refractivity contribution in [3.8, 4) is 0 Å². The van der Waals surface area contributed by atoms with Crippen LogP contribution in [0.1, 0.15) is 19.3 Å². The minimum Gasteiger partial charge on any atom is -0.481 e. The maximum absolute atomic E-state index is 10.8. The maximum atomic E-state index is 10.8. The van der Waals surface area contributed by atoms with Gasteiger partial charge in [-0.3, -0.25) is 4.79 Å². The van der Waals surface area contributed by atoms with E-state index in [9.17, 15) is 4.79 Å². The average molecular weight is 213 g/mol. The highest BCUT2D eigenvalue weighted by molar-refractivity contribution is 5.68. The van der Waals surface area contributed by atoms with Crippen molar-refractivity contribution in [3.63, 3.8) is 0 Å². The molecule has 0 unspecified atom stereocenters. The predicted molar refractivity (Wildman–Crippen MR) is 55.7 cm³/mol. The fourth-order valence-corrected chi connectivity index (χ4v) is 2.77. The van der Waals surface area contributed by atoms with Crippen molar-refractivity contribution in [2.45, 2.75) is 19.3 Å². The third-order valence-electron chi connectivity index (χ3n) is 3.87. The Labute approximate surface area is 90.2 Å². The Balaban J connectivity index is 1.97. The zero-order valence-corrected chi connectivity index (χ0v) is 9.24. The summed E-state index contributed by atoms with van der Waals surface area (Å²) in [5.74, 6) is -0.143. The van der Waals surface area contributed by atoms with Gasteiger partial charge < -0.3 is 14.7 Å². The second kappa shape index (κ2) is 4.10. The quantitative estimate of drug-likeness (QED) is 0.754. The summed E-state index contributed by atoms with van der Waals surface area (Å²) >= 11 is 0. The minimum atomic E-state index is -0.683. The minimum absolute atomic E-state index is 0.0485. The second-order valence-corrected chi connectivity index (χ2v) is 5.00. The summed E-state index contributed by atoms with van der Waals surface area (Å²) in [4.78, 5) is 13.2. The molecule has 2 saturated heterocycles. The highest BCUT2D eigenvalue weighted by Gasteiger charge is 2.47. The molecule has 0 aromatic heterocycles. The summed E-state index contributed by atoms with van der Waals surface area (Å²) in [7, 11) is 2.12. The zero-order chi connectivity index (χ0) is 10.9. The van der Waals surface area contributed by atoms with Gasteiger partial charge in [-0.1, -0.05) is 0 Å². The number of rotatable bonds is 3. The first-order valence-corrected chi connectivity index (χ1v) is 5.60. The molecule has 0 atom stereocenters. The van der Waals surface area contributed by atoms with E-state index < -0.39 is 5.97 Å². The van der Waals surface area contributed by atoms with Gasteiger partial charge in [-0.25, -0.2) is 0 Å². The molecule has 4 nitrogen and oxygen atoms in total. The Kier molecular flexibility index (Phi) is 2.98. The molecule has 0 aromatic carbocycles. The Hall–Kier alpha value is -0.610. The van der Waals surface area contributed by atoms with E-state index in [2.05, 4.69) is 11.9 Å². The van der Waals surface area contributed by atoms with E-state index in [1.165, 1.54) is 0 Å². The van der Waals surface area contributed by atoms with Crippen LogP contribution >= 0.6 is 0 Å². The predicted octanol–water partition coefficient (Wildman–Crippen LogP) is 0.819. The molecule has 15 heavy (non-hydrogen) atoms. The van der Waals surface area contributed by atoms with Crippen LogP contribution in [0.4, 0.5) is 0 Å². The van der Waals surface area contributed by atoms with Crippen molar-refractivity contribution in [1.82, 2.24) is 4.90 Å². The zero-order valence-electron chi connectivity index (χ0n) is 9.24. The fourth-order valence-electron chi connectivity index (χ4n) is 2.77. The number of carboxylic acid groups (broad SMARTS) is 1. The van der Waals surface area contributed by atoms with Gasteiger partial charge in [0.1, 0.15) is 0 Å². The number of hydrogen-bond acceptors (Lipinski definition) is 3. The Morgan fingerprint density at radius 3 is 2.47 bits per heavy atom. The van der Waals surface area contributed by atoms with E-state index in [1.54, 1.807) is 0 Å². The van der Waals surface area contributed by atoms with Gasteiger partial charge in [0.25, 0.3) is 0 Å². The van der Waals surface area contributed by atoms with Gasteiger partial charge in [0.05, 0.1) is 19.6 Å². The summed E-state index contributed by atoms with van der Waals surface area (Å²) in [5, 5.41) is 8.93. The van der Waals surface area contributed by atoms with Crippen molar-refractivity contribution in [1.29, 1.82) is 0 Å². The number of ether oxygens (including phenoxy) is 1. The lowest BCUT2D eigenvalue weighted by Gasteiger charge is -2.48. The first-order chi connectivity index (χ1) is 7.12. The van der Waals surface area contributed by atoms with E-state index in [1.807, 2.05) is 0 Å². The lowest BCUT2D eigenvalue weighted by molar-refractivity contribution is -0.175. The van der Waals surface area contributed by atoms with Crippen LogP contribution in [0, 0.1) is 11.3 Å². The van der Waals surface area contributed by atoms with Crippen LogP contribution in [0.25, 0.3) is 0 Å². The van der Waals surface area contributed by atoms with Crippen LogP contribution in [0.5, 0.6) is 0 Å². The molecule has 0 spiro atoms. The van der Waals surface area contributed by atoms with Gasteiger partial charge in [-0.2, -0.15) is 0 Å². The molecule has 0 aliphatic carbocycles. The molecule has 2 rings (SSSR count). The number of carboxylic acids is 1. The molecule has 86 valence electrons. The first kappa shape index (κ1) is 10.9. The summed E-state index contributed by atoms with van der Waals surface area (Å²) in [6.07, 6.45) is 2.52. The summed E-state index contributed by atoms with van der Waals surface area (Å²) in [6.45, 7) is 3.47. The van der Waals surface area contributed by atoms with Crippen molar-refractivity contribution in [3.05, 3.63) is 0 Å². The smallest absolute Gasteiger partial charge is 0.304 e. The number of carbonyl (C=O) groups is 1.